The molecule has 0 spiro atoms. The Labute approximate surface area is 110 Å². The van der Waals surface area contributed by atoms with Gasteiger partial charge in [-0.15, -0.1) is 0 Å². The van der Waals surface area contributed by atoms with Crippen LogP contribution in [0.4, 0.5) is 0 Å². The van der Waals surface area contributed by atoms with Gasteiger partial charge in [-0.1, -0.05) is 38.1 Å². The Kier molecular flexibility index (Phi) is 4.79. The second kappa shape index (κ2) is 6.35. The van der Waals surface area contributed by atoms with Crippen molar-refractivity contribution >= 4 is 0 Å². The monoisotopic (exact) mass is 247 g/mol. The molecule has 2 heteroatoms. The zero-order valence-electron chi connectivity index (χ0n) is 11.5. The lowest BCUT2D eigenvalue weighted by Crippen LogP contribution is -2.34. The van der Waals surface area contributed by atoms with E-state index in [-0.39, 0.29) is 6.61 Å². The quantitative estimate of drug-likeness (QED) is 0.776. The van der Waals surface area contributed by atoms with Gasteiger partial charge in [-0.25, -0.2) is 0 Å². The molecule has 1 aliphatic carbocycles. The molecule has 1 fully saturated rings. The van der Waals surface area contributed by atoms with Gasteiger partial charge in [0.1, 0.15) is 0 Å². The molecule has 1 saturated carbocycles. The van der Waals surface area contributed by atoms with E-state index in [1.807, 2.05) is 0 Å². The maximum Gasteiger partial charge on any atom is 0.0445 e. The molecule has 0 radical (unpaired) electrons. The van der Waals surface area contributed by atoms with E-state index in [0.717, 1.165) is 18.9 Å². The van der Waals surface area contributed by atoms with Crippen LogP contribution in [0.2, 0.25) is 0 Å². The summed E-state index contributed by atoms with van der Waals surface area (Å²) in [6.45, 7) is 5.57. The van der Waals surface area contributed by atoms with Crippen LogP contribution in [0.3, 0.4) is 0 Å². The summed E-state index contributed by atoms with van der Waals surface area (Å²) in [4.78, 5) is 0. The van der Waals surface area contributed by atoms with E-state index in [2.05, 4.69) is 43.4 Å². The minimum Gasteiger partial charge on any atom is -0.396 e. The van der Waals surface area contributed by atoms with Gasteiger partial charge in [0.25, 0.3) is 0 Å². The molecule has 1 aliphatic rings. The summed E-state index contributed by atoms with van der Waals surface area (Å²) in [7, 11) is 0. The molecule has 1 aromatic rings. The predicted octanol–water partition coefficient (Wildman–Crippen LogP) is 3.06. The fourth-order valence-electron chi connectivity index (χ4n) is 2.43. The van der Waals surface area contributed by atoms with Gasteiger partial charge in [0.2, 0.25) is 0 Å². The lowest BCUT2D eigenvalue weighted by molar-refractivity contribution is 0.244. The van der Waals surface area contributed by atoms with Gasteiger partial charge in [-0.3, -0.25) is 0 Å². The number of hydrogen-bond acceptors (Lipinski definition) is 2. The highest BCUT2D eigenvalue weighted by Crippen LogP contribution is 2.40. The third-order valence-electron chi connectivity index (χ3n) is 3.81. The maximum absolute atomic E-state index is 9.07. The Bertz CT molecular complexity index is 371. The third-order valence-corrected chi connectivity index (χ3v) is 3.81. The first-order valence-electron chi connectivity index (χ1n) is 7.13. The average Bonchev–Trinajstić information content (AvgIpc) is 3.18. The molecule has 2 rings (SSSR count). The molecular formula is C16H25NO. The Morgan fingerprint density at radius 3 is 2.72 bits per heavy atom. The summed E-state index contributed by atoms with van der Waals surface area (Å²) < 4.78 is 0. The van der Waals surface area contributed by atoms with E-state index >= 15 is 0 Å². The molecular weight excluding hydrogens is 222 g/mol. The number of aliphatic hydroxyl groups excluding tert-OH is 1. The molecule has 0 heterocycles. The second-order valence-corrected chi connectivity index (χ2v) is 5.76. The van der Waals surface area contributed by atoms with Crippen molar-refractivity contribution < 1.29 is 5.11 Å². The first kappa shape index (κ1) is 13.6. The normalized spacial score (nSPS) is 17.1. The minimum atomic E-state index is 0.262. The first-order valence-corrected chi connectivity index (χ1v) is 7.13. The SMILES string of the molecule is CC(C)C(CCO)NCc1cccc(C2CC2)c1. The summed E-state index contributed by atoms with van der Waals surface area (Å²) >= 11 is 0. The van der Waals surface area contributed by atoms with Crippen molar-refractivity contribution in [1.82, 2.24) is 5.32 Å². The van der Waals surface area contributed by atoms with E-state index in [9.17, 15) is 0 Å². The van der Waals surface area contributed by atoms with E-state index in [1.54, 1.807) is 0 Å². The molecule has 0 amide bonds. The summed E-state index contributed by atoms with van der Waals surface area (Å²) in [5.74, 6) is 1.38. The predicted molar refractivity (Wildman–Crippen MR) is 75.6 cm³/mol. The van der Waals surface area contributed by atoms with Crippen molar-refractivity contribution in [3.8, 4) is 0 Å². The molecule has 0 bridgehead atoms. The van der Waals surface area contributed by atoms with Crippen LogP contribution in [-0.2, 0) is 6.54 Å². The second-order valence-electron chi connectivity index (χ2n) is 5.76. The van der Waals surface area contributed by atoms with Gasteiger partial charge in [0.05, 0.1) is 0 Å². The highest BCUT2D eigenvalue weighted by atomic mass is 16.3. The summed E-state index contributed by atoms with van der Waals surface area (Å²) in [5.41, 5.74) is 2.86. The van der Waals surface area contributed by atoms with Crippen molar-refractivity contribution in [3.05, 3.63) is 35.4 Å². The van der Waals surface area contributed by atoms with Crippen LogP contribution in [0.25, 0.3) is 0 Å². The van der Waals surface area contributed by atoms with Crippen molar-refractivity contribution in [2.75, 3.05) is 6.61 Å². The van der Waals surface area contributed by atoms with Crippen molar-refractivity contribution in [1.29, 1.82) is 0 Å². The first-order chi connectivity index (χ1) is 8.70. The maximum atomic E-state index is 9.07. The van der Waals surface area contributed by atoms with Gasteiger partial charge < -0.3 is 10.4 Å². The zero-order valence-corrected chi connectivity index (χ0v) is 11.5. The number of rotatable bonds is 7. The smallest absolute Gasteiger partial charge is 0.0445 e. The lowest BCUT2D eigenvalue weighted by Gasteiger charge is -2.21. The van der Waals surface area contributed by atoms with E-state index in [4.69, 9.17) is 5.11 Å². The Hall–Kier alpha value is -0.860. The number of benzene rings is 1. The third kappa shape index (κ3) is 3.82. The van der Waals surface area contributed by atoms with Gasteiger partial charge >= 0.3 is 0 Å². The molecule has 0 aliphatic heterocycles. The molecule has 0 aromatic heterocycles. The van der Waals surface area contributed by atoms with E-state index in [0.29, 0.717) is 12.0 Å². The van der Waals surface area contributed by atoms with E-state index in [1.165, 1.54) is 24.0 Å². The minimum absolute atomic E-state index is 0.262. The van der Waals surface area contributed by atoms with Crippen LogP contribution in [0.15, 0.2) is 24.3 Å². The molecule has 18 heavy (non-hydrogen) atoms. The van der Waals surface area contributed by atoms with Crippen LogP contribution in [0.5, 0.6) is 0 Å². The molecule has 1 atom stereocenters. The molecule has 100 valence electrons. The topological polar surface area (TPSA) is 32.3 Å². The van der Waals surface area contributed by atoms with Crippen molar-refractivity contribution in [3.63, 3.8) is 0 Å². The fraction of sp³-hybridized carbons (Fsp3) is 0.625. The van der Waals surface area contributed by atoms with Crippen LogP contribution in [0, 0.1) is 5.92 Å². The van der Waals surface area contributed by atoms with Gasteiger partial charge in [0, 0.05) is 19.2 Å². The largest absolute Gasteiger partial charge is 0.396 e. The standard InChI is InChI=1S/C16H25NO/c1-12(2)16(8-9-18)17-11-13-4-3-5-15(10-13)14-6-7-14/h3-5,10,12,14,16-18H,6-9,11H2,1-2H3. The van der Waals surface area contributed by atoms with Gasteiger partial charge in [-0.05, 0) is 42.2 Å². The highest BCUT2D eigenvalue weighted by molar-refractivity contribution is 5.29. The van der Waals surface area contributed by atoms with E-state index < -0.39 is 0 Å². The van der Waals surface area contributed by atoms with Crippen molar-refractivity contribution in [2.24, 2.45) is 5.92 Å². The fourth-order valence-corrected chi connectivity index (χ4v) is 2.43. The lowest BCUT2D eigenvalue weighted by atomic mass is 10.0. The molecule has 1 aromatic carbocycles. The molecule has 2 nitrogen and oxygen atoms in total. The molecule has 2 N–H and O–H groups in total. The summed E-state index contributed by atoms with van der Waals surface area (Å²) in [5, 5.41) is 12.6. The zero-order chi connectivity index (χ0) is 13.0. The van der Waals surface area contributed by atoms with Crippen LogP contribution >= 0.6 is 0 Å². The highest BCUT2D eigenvalue weighted by Gasteiger charge is 2.23. The average molecular weight is 247 g/mol. The molecule has 1 unspecified atom stereocenters. The van der Waals surface area contributed by atoms with Gasteiger partial charge in [0.15, 0.2) is 0 Å². The van der Waals surface area contributed by atoms with Gasteiger partial charge in [-0.2, -0.15) is 0 Å². The van der Waals surface area contributed by atoms with Crippen LogP contribution in [-0.4, -0.2) is 17.8 Å². The van der Waals surface area contributed by atoms with Crippen molar-refractivity contribution in [2.45, 2.75) is 51.6 Å². The number of nitrogens with one attached hydrogen (secondary N) is 1. The Morgan fingerprint density at radius 2 is 2.11 bits per heavy atom. The van der Waals surface area contributed by atoms with Crippen LogP contribution in [0.1, 0.15) is 50.2 Å². The number of hydrogen-bond donors (Lipinski definition) is 2. The molecule has 0 saturated heterocycles. The summed E-state index contributed by atoms with van der Waals surface area (Å²) in [6.07, 6.45) is 3.55. The summed E-state index contributed by atoms with van der Waals surface area (Å²) in [6, 6.07) is 9.34. The van der Waals surface area contributed by atoms with Crippen LogP contribution < -0.4 is 5.32 Å². The Morgan fingerprint density at radius 1 is 1.33 bits per heavy atom. The Balaban J connectivity index is 1.89. The number of aliphatic hydroxyl groups is 1.